The quantitative estimate of drug-likeness (QED) is 0.611. The van der Waals surface area contributed by atoms with Crippen molar-refractivity contribution in [3.05, 3.63) is 30.3 Å². The number of carbonyl (C=O) groups is 1. The highest BCUT2D eigenvalue weighted by molar-refractivity contribution is 7.80. The molecule has 20 heavy (non-hydrogen) atoms. The Morgan fingerprint density at radius 2 is 1.85 bits per heavy atom. The zero-order valence-corrected chi connectivity index (χ0v) is 13.2. The van der Waals surface area contributed by atoms with E-state index in [4.69, 9.17) is 12.2 Å². The monoisotopic (exact) mass is 292 g/mol. The smallest absolute Gasteiger partial charge is 0.226 e. The van der Waals surface area contributed by atoms with Crippen LogP contribution in [0.25, 0.3) is 0 Å². The molecule has 0 saturated heterocycles. The van der Waals surface area contributed by atoms with Gasteiger partial charge in [-0.15, -0.1) is 0 Å². The second-order valence-electron chi connectivity index (χ2n) is 4.74. The van der Waals surface area contributed by atoms with Gasteiger partial charge in [0.2, 0.25) is 5.91 Å². The van der Waals surface area contributed by atoms with E-state index in [0.29, 0.717) is 11.5 Å². The third-order valence-corrected chi connectivity index (χ3v) is 3.46. The van der Waals surface area contributed by atoms with Gasteiger partial charge in [0.1, 0.15) is 0 Å². The van der Waals surface area contributed by atoms with Gasteiger partial charge >= 0.3 is 0 Å². The molecule has 1 aromatic rings. The molecular weight excluding hydrogens is 268 g/mol. The minimum atomic E-state index is 0.0143. The SMILES string of the molecule is CCCCCCC(=O)NC(=S)N(CC)c1ccccc1. The van der Waals surface area contributed by atoms with Crippen LogP contribution in [0.2, 0.25) is 0 Å². The molecule has 1 N–H and O–H groups in total. The van der Waals surface area contributed by atoms with Crippen LogP contribution in [0.1, 0.15) is 46.0 Å². The lowest BCUT2D eigenvalue weighted by atomic mass is 10.1. The lowest BCUT2D eigenvalue weighted by Crippen LogP contribution is -2.42. The molecule has 4 heteroatoms. The molecule has 0 aromatic heterocycles. The van der Waals surface area contributed by atoms with E-state index in [1.54, 1.807) is 0 Å². The van der Waals surface area contributed by atoms with Crippen LogP contribution in [0.3, 0.4) is 0 Å². The summed E-state index contributed by atoms with van der Waals surface area (Å²) in [5.41, 5.74) is 1.01. The second-order valence-corrected chi connectivity index (χ2v) is 5.13. The van der Waals surface area contributed by atoms with E-state index in [9.17, 15) is 4.79 Å². The summed E-state index contributed by atoms with van der Waals surface area (Å²) in [4.78, 5) is 13.8. The van der Waals surface area contributed by atoms with Gasteiger partial charge in [0.15, 0.2) is 5.11 Å². The van der Waals surface area contributed by atoms with E-state index in [1.807, 2.05) is 42.2 Å². The molecule has 0 saturated carbocycles. The Hall–Kier alpha value is -1.42. The molecule has 0 unspecified atom stereocenters. The maximum absolute atomic E-state index is 11.8. The van der Waals surface area contributed by atoms with Crippen molar-refractivity contribution in [3.8, 4) is 0 Å². The predicted molar refractivity (Wildman–Crippen MR) is 89.0 cm³/mol. The van der Waals surface area contributed by atoms with Gasteiger partial charge in [-0.05, 0) is 37.7 Å². The van der Waals surface area contributed by atoms with Crippen molar-refractivity contribution < 1.29 is 4.79 Å². The fraction of sp³-hybridized carbons (Fsp3) is 0.500. The zero-order chi connectivity index (χ0) is 14.8. The van der Waals surface area contributed by atoms with Crippen LogP contribution in [-0.2, 0) is 4.79 Å². The molecule has 0 aliphatic carbocycles. The first-order valence-corrected chi connectivity index (χ1v) is 7.76. The Balaban J connectivity index is 2.45. The summed E-state index contributed by atoms with van der Waals surface area (Å²) < 4.78 is 0. The minimum Gasteiger partial charge on any atom is -0.319 e. The molecule has 0 fully saturated rings. The van der Waals surface area contributed by atoms with Crippen molar-refractivity contribution in [2.45, 2.75) is 46.0 Å². The second kappa shape index (κ2) is 9.48. The fourth-order valence-electron chi connectivity index (χ4n) is 2.01. The molecule has 1 rings (SSSR count). The molecule has 1 aromatic carbocycles. The molecule has 0 aliphatic heterocycles. The van der Waals surface area contributed by atoms with Crippen LogP contribution in [-0.4, -0.2) is 17.6 Å². The zero-order valence-electron chi connectivity index (χ0n) is 12.4. The highest BCUT2D eigenvalue weighted by Crippen LogP contribution is 2.13. The summed E-state index contributed by atoms with van der Waals surface area (Å²) in [7, 11) is 0. The van der Waals surface area contributed by atoms with Crippen molar-refractivity contribution in [1.82, 2.24) is 5.32 Å². The van der Waals surface area contributed by atoms with E-state index >= 15 is 0 Å². The first-order valence-electron chi connectivity index (χ1n) is 7.35. The largest absolute Gasteiger partial charge is 0.319 e. The van der Waals surface area contributed by atoms with Crippen LogP contribution >= 0.6 is 12.2 Å². The summed E-state index contributed by atoms with van der Waals surface area (Å²) in [5, 5.41) is 3.31. The van der Waals surface area contributed by atoms with Gasteiger partial charge in [-0.2, -0.15) is 0 Å². The highest BCUT2D eigenvalue weighted by atomic mass is 32.1. The number of nitrogens with one attached hydrogen (secondary N) is 1. The molecule has 3 nitrogen and oxygen atoms in total. The summed E-state index contributed by atoms with van der Waals surface area (Å²) in [6.07, 6.45) is 4.94. The Morgan fingerprint density at radius 1 is 1.15 bits per heavy atom. The Labute approximate surface area is 127 Å². The molecule has 0 heterocycles. The van der Waals surface area contributed by atoms with E-state index in [-0.39, 0.29) is 5.91 Å². The first kappa shape index (κ1) is 16.6. The Bertz CT molecular complexity index is 420. The van der Waals surface area contributed by atoms with Crippen molar-refractivity contribution in [2.75, 3.05) is 11.4 Å². The molecule has 1 amide bonds. The number of carbonyl (C=O) groups excluding carboxylic acids is 1. The van der Waals surface area contributed by atoms with E-state index < -0.39 is 0 Å². The number of para-hydroxylation sites is 1. The van der Waals surface area contributed by atoms with Gasteiger partial charge < -0.3 is 10.2 Å². The summed E-state index contributed by atoms with van der Waals surface area (Å²) in [6, 6.07) is 9.87. The number of hydrogen-bond donors (Lipinski definition) is 1. The van der Waals surface area contributed by atoms with Crippen molar-refractivity contribution in [3.63, 3.8) is 0 Å². The van der Waals surface area contributed by atoms with Gasteiger partial charge in [0.05, 0.1) is 0 Å². The lowest BCUT2D eigenvalue weighted by molar-refractivity contribution is -0.119. The Kier molecular flexibility index (Phi) is 7.88. The Morgan fingerprint density at radius 3 is 2.45 bits per heavy atom. The normalized spacial score (nSPS) is 10.1. The summed E-state index contributed by atoms with van der Waals surface area (Å²) in [6.45, 7) is 4.92. The first-order chi connectivity index (χ1) is 9.69. The van der Waals surface area contributed by atoms with Gasteiger partial charge in [0.25, 0.3) is 0 Å². The molecule has 0 radical (unpaired) electrons. The summed E-state index contributed by atoms with van der Waals surface area (Å²) >= 11 is 5.33. The van der Waals surface area contributed by atoms with Gasteiger partial charge in [-0.25, -0.2) is 0 Å². The molecular formula is C16H24N2OS. The summed E-state index contributed by atoms with van der Waals surface area (Å²) in [5.74, 6) is 0.0143. The van der Waals surface area contributed by atoms with Gasteiger partial charge in [-0.1, -0.05) is 44.4 Å². The maximum atomic E-state index is 11.8. The third-order valence-electron chi connectivity index (χ3n) is 3.13. The van der Waals surface area contributed by atoms with Crippen LogP contribution in [0.4, 0.5) is 5.69 Å². The van der Waals surface area contributed by atoms with Crippen molar-refractivity contribution >= 4 is 28.9 Å². The topological polar surface area (TPSA) is 32.3 Å². The molecule has 0 spiro atoms. The minimum absolute atomic E-state index is 0.0143. The molecule has 110 valence electrons. The van der Waals surface area contributed by atoms with Crippen LogP contribution in [0.5, 0.6) is 0 Å². The third kappa shape index (κ3) is 5.70. The van der Waals surface area contributed by atoms with E-state index in [1.165, 1.54) is 12.8 Å². The predicted octanol–water partition coefficient (Wildman–Crippen LogP) is 3.88. The molecule has 0 bridgehead atoms. The average molecular weight is 292 g/mol. The fourth-order valence-corrected chi connectivity index (χ4v) is 2.36. The van der Waals surface area contributed by atoms with E-state index in [2.05, 4.69) is 12.2 Å². The number of nitrogens with zero attached hydrogens (tertiary/aromatic N) is 1. The van der Waals surface area contributed by atoms with E-state index in [0.717, 1.165) is 25.1 Å². The number of rotatable bonds is 7. The standard InChI is InChI=1S/C16H24N2OS/c1-3-5-6-10-13-15(19)17-16(20)18(4-2)14-11-8-7-9-12-14/h7-9,11-12H,3-6,10,13H2,1-2H3,(H,17,19,20). The molecule has 0 aliphatic rings. The van der Waals surface area contributed by atoms with Crippen LogP contribution < -0.4 is 10.2 Å². The number of benzene rings is 1. The van der Waals surface area contributed by atoms with Gasteiger partial charge in [-0.3, -0.25) is 4.79 Å². The maximum Gasteiger partial charge on any atom is 0.226 e. The number of amides is 1. The number of unbranched alkanes of at least 4 members (excludes halogenated alkanes) is 3. The van der Waals surface area contributed by atoms with Crippen molar-refractivity contribution in [1.29, 1.82) is 0 Å². The lowest BCUT2D eigenvalue weighted by Gasteiger charge is -2.23. The molecule has 0 atom stereocenters. The average Bonchev–Trinajstić information content (AvgIpc) is 2.45. The van der Waals surface area contributed by atoms with Gasteiger partial charge in [0, 0.05) is 18.7 Å². The number of thiocarbonyl (C=S) groups is 1. The van der Waals surface area contributed by atoms with Crippen LogP contribution in [0, 0.1) is 0 Å². The van der Waals surface area contributed by atoms with Crippen LogP contribution in [0.15, 0.2) is 30.3 Å². The van der Waals surface area contributed by atoms with Crippen molar-refractivity contribution in [2.24, 2.45) is 0 Å². The highest BCUT2D eigenvalue weighted by Gasteiger charge is 2.12. The number of anilines is 1. The number of hydrogen-bond acceptors (Lipinski definition) is 2.